The van der Waals surface area contributed by atoms with E-state index in [-0.39, 0.29) is 36.4 Å². The summed E-state index contributed by atoms with van der Waals surface area (Å²) in [5, 5.41) is 2.11. The first-order valence-corrected chi connectivity index (χ1v) is 11.3. The summed E-state index contributed by atoms with van der Waals surface area (Å²) in [6, 6.07) is 10.3. The van der Waals surface area contributed by atoms with Gasteiger partial charge >= 0.3 is 0 Å². The van der Waals surface area contributed by atoms with Crippen LogP contribution in [0.2, 0.25) is 0 Å². The van der Waals surface area contributed by atoms with Crippen LogP contribution < -0.4 is 4.74 Å². The molecule has 152 valence electrons. The Balaban J connectivity index is 1.42. The summed E-state index contributed by atoms with van der Waals surface area (Å²) in [5.41, 5.74) is 2.30. The number of hydrogen-bond donors (Lipinski definition) is 0. The number of carbonyl (C=O) groups is 2. The topological polar surface area (TPSA) is 49.9 Å². The average Bonchev–Trinajstić information content (AvgIpc) is 3.68. The Morgan fingerprint density at radius 1 is 1.14 bits per heavy atom. The number of amides is 2. The Morgan fingerprint density at radius 3 is 2.55 bits per heavy atom. The van der Waals surface area contributed by atoms with Gasteiger partial charge in [-0.3, -0.25) is 9.59 Å². The summed E-state index contributed by atoms with van der Waals surface area (Å²) in [6.07, 6.45) is 4.90. The summed E-state index contributed by atoms with van der Waals surface area (Å²) in [6.45, 7) is 0.908. The molecule has 5 nitrogen and oxygen atoms in total. The second-order valence-electron chi connectivity index (χ2n) is 8.28. The summed E-state index contributed by atoms with van der Waals surface area (Å²) in [5.74, 6) is 1.21. The second kappa shape index (κ2) is 7.48. The highest BCUT2D eigenvalue weighted by atomic mass is 32.1. The van der Waals surface area contributed by atoms with Crippen molar-refractivity contribution in [1.82, 2.24) is 9.80 Å². The molecule has 1 aromatic heterocycles. The smallest absolute Gasteiger partial charge is 0.243 e. The van der Waals surface area contributed by atoms with Crippen LogP contribution in [-0.2, 0) is 16.0 Å². The van der Waals surface area contributed by atoms with Gasteiger partial charge in [-0.25, -0.2) is 0 Å². The van der Waals surface area contributed by atoms with Crippen LogP contribution in [0.15, 0.2) is 35.7 Å². The number of benzene rings is 1. The molecule has 2 amide bonds. The standard InChI is InChI=1S/C23H26N2O3S/c1-28-18-8-4-15(5-9-18)22-19-11-13-29-20(19)10-12-24(22)21(26)14-25(17-6-7-17)23(27)16-2-3-16/h4-5,8-9,11,13,16-17,22H,2-3,6-7,10,12,14H2,1H3/t22-/m1/s1. The van der Waals surface area contributed by atoms with Crippen LogP contribution in [0.1, 0.15) is 47.7 Å². The fourth-order valence-corrected chi connectivity index (χ4v) is 5.21. The van der Waals surface area contributed by atoms with Crippen molar-refractivity contribution in [2.24, 2.45) is 5.92 Å². The molecule has 0 radical (unpaired) electrons. The lowest BCUT2D eigenvalue weighted by Gasteiger charge is -2.37. The molecule has 0 spiro atoms. The zero-order valence-electron chi connectivity index (χ0n) is 16.7. The van der Waals surface area contributed by atoms with Crippen molar-refractivity contribution in [2.75, 3.05) is 20.2 Å². The monoisotopic (exact) mass is 410 g/mol. The molecule has 0 saturated heterocycles. The molecule has 1 atom stereocenters. The third-order valence-corrected chi connectivity index (χ3v) is 7.22. The number of rotatable bonds is 6. The summed E-state index contributed by atoms with van der Waals surface area (Å²) in [7, 11) is 1.66. The lowest BCUT2D eigenvalue weighted by molar-refractivity contribution is -0.143. The van der Waals surface area contributed by atoms with E-state index in [1.807, 2.05) is 34.1 Å². The normalized spacial score (nSPS) is 20.9. The molecule has 1 aliphatic heterocycles. The predicted molar refractivity (Wildman–Crippen MR) is 112 cm³/mol. The zero-order valence-corrected chi connectivity index (χ0v) is 17.5. The third-order valence-electron chi connectivity index (χ3n) is 6.22. The van der Waals surface area contributed by atoms with Gasteiger partial charge in [0.15, 0.2) is 0 Å². The Labute approximate surface area is 175 Å². The van der Waals surface area contributed by atoms with Gasteiger partial charge in [-0.05, 0) is 66.8 Å². The zero-order chi connectivity index (χ0) is 20.0. The lowest BCUT2D eigenvalue weighted by atomic mass is 9.93. The third kappa shape index (κ3) is 3.66. The van der Waals surface area contributed by atoms with Crippen LogP contribution in [0, 0.1) is 5.92 Å². The molecule has 29 heavy (non-hydrogen) atoms. The van der Waals surface area contributed by atoms with Gasteiger partial charge in [0, 0.05) is 23.4 Å². The molecule has 1 aromatic carbocycles. The highest BCUT2D eigenvalue weighted by Crippen LogP contribution is 2.39. The molecule has 2 aromatic rings. The highest BCUT2D eigenvalue weighted by molar-refractivity contribution is 7.10. The molecule has 3 aliphatic rings. The summed E-state index contributed by atoms with van der Waals surface area (Å²) >= 11 is 1.76. The van der Waals surface area contributed by atoms with E-state index in [4.69, 9.17) is 4.74 Å². The number of hydrogen-bond acceptors (Lipinski definition) is 4. The van der Waals surface area contributed by atoms with Crippen molar-refractivity contribution < 1.29 is 14.3 Å². The molecule has 0 N–H and O–H groups in total. The van der Waals surface area contributed by atoms with Gasteiger partial charge in [-0.15, -0.1) is 11.3 Å². The van der Waals surface area contributed by atoms with Gasteiger partial charge in [0.25, 0.3) is 0 Å². The fourth-order valence-electron chi connectivity index (χ4n) is 4.31. The molecule has 2 aliphatic carbocycles. The Kier molecular flexibility index (Phi) is 4.82. The van der Waals surface area contributed by atoms with Gasteiger partial charge in [-0.2, -0.15) is 0 Å². The van der Waals surface area contributed by atoms with Crippen LogP contribution in [-0.4, -0.2) is 47.9 Å². The Bertz CT molecular complexity index is 914. The quantitative estimate of drug-likeness (QED) is 0.731. The first-order valence-electron chi connectivity index (χ1n) is 10.5. The van der Waals surface area contributed by atoms with Crippen LogP contribution in [0.3, 0.4) is 0 Å². The first kappa shape index (κ1) is 18.7. The molecule has 2 saturated carbocycles. The molecule has 2 heterocycles. The van der Waals surface area contributed by atoms with E-state index in [2.05, 4.69) is 11.4 Å². The molecule has 5 rings (SSSR count). The first-order chi connectivity index (χ1) is 14.2. The van der Waals surface area contributed by atoms with E-state index >= 15 is 0 Å². The van der Waals surface area contributed by atoms with E-state index < -0.39 is 0 Å². The van der Waals surface area contributed by atoms with E-state index in [9.17, 15) is 9.59 Å². The number of thiophene rings is 1. The molecule has 6 heteroatoms. The minimum atomic E-state index is -0.0968. The molecular formula is C23H26N2O3S. The SMILES string of the molecule is COc1ccc([C@@H]2c3ccsc3CCN2C(=O)CN(C(=O)C2CC2)C2CC2)cc1. The van der Waals surface area contributed by atoms with Crippen LogP contribution in [0.4, 0.5) is 0 Å². The van der Waals surface area contributed by atoms with E-state index in [1.165, 1.54) is 10.4 Å². The highest BCUT2D eigenvalue weighted by Gasteiger charge is 2.42. The number of carbonyl (C=O) groups excluding carboxylic acids is 2. The van der Waals surface area contributed by atoms with Crippen molar-refractivity contribution in [1.29, 1.82) is 0 Å². The van der Waals surface area contributed by atoms with Gasteiger partial charge in [0.1, 0.15) is 12.3 Å². The number of methoxy groups -OCH3 is 1. The Hall–Kier alpha value is -2.34. The van der Waals surface area contributed by atoms with Crippen molar-refractivity contribution in [3.05, 3.63) is 51.7 Å². The fraction of sp³-hybridized carbons (Fsp3) is 0.478. The molecule has 0 bridgehead atoms. The van der Waals surface area contributed by atoms with Gasteiger partial charge in [-0.1, -0.05) is 12.1 Å². The average molecular weight is 411 g/mol. The largest absolute Gasteiger partial charge is 0.497 e. The minimum Gasteiger partial charge on any atom is -0.497 e. The van der Waals surface area contributed by atoms with Gasteiger partial charge < -0.3 is 14.5 Å². The van der Waals surface area contributed by atoms with Crippen molar-refractivity contribution >= 4 is 23.2 Å². The van der Waals surface area contributed by atoms with Gasteiger partial charge in [0.05, 0.1) is 13.2 Å². The minimum absolute atomic E-state index is 0.0589. The molecular weight excluding hydrogens is 384 g/mol. The van der Waals surface area contributed by atoms with Gasteiger partial charge in [0.2, 0.25) is 11.8 Å². The molecule has 2 fully saturated rings. The maximum absolute atomic E-state index is 13.4. The predicted octanol–water partition coefficient (Wildman–Crippen LogP) is 3.63. The van der Waals surface area contributed by atoms with Crippen LogP contribution in [0.25, 0.3) is 0 Å². The van der Waals surface area contributed by atoms with Crippen molar-refractivity contribution in [2.45, 2.75) is 44.2 Å². The molecule has 0 unspecified atom stereocenters. The summed E-state index contributed by atoms with van der Waals surface area (Å²) in [4.78, 5) is 31.4. The summed E-state index contributed by atoms with van der Waals surface area (Å²) < 4.78 is 5.30. The van der Waals surface area contributed by atoms with E-state index in [0.29, 0.717) is 6.54 Å². The second-order valence-corrected chi connectivity index (χ2v) is 9.28. The van der Waals surface area contributed by atoms with E-state index in [1.54, 1.807) is 18.4 Å². The lowest BCUT2D eigenvalue weighted by Crippen LogP contribution is -2.47. The van der Waals surface area contributed by atoms with Crippen LogP contribution >= 0.6 is 11.3 Å². The van der Waals surface area contributed by atoms with E-state index in [0.717, 1.165) is 43.4 Å². The van der Waals surface area contributed by atoms with Crippen LogP contribution in [0.5, 0.6) is 5.75 Å². The number of nitrogens with zero attached hydrogens (tertiary/aromatic N) is 2. The number of ether oxygens (including phenoxy) is 1. The maximum Gasteiger partial charge on any atom is 0.243 e. The van der Waals surface area contributed by atoms with Crippen molar-refractivity contribution in [3.8, 4) is 5.75 Å². The van der Waals surface area contributed by atoms with Crippen molar-refractivity contribution in [3.63, 3.8) is 0 Å². The Morgan fingerprint density at radius 2 is 1.90 bits per heavy atom. The maximum atomic E-state index is 13.4. The number of fused-ring (bicyclic) bond motifs is 1.